The zero-order chi connectivity index (χ0) is 28.5. The third kappa shape index (κ3) is 4.96. The molecule has 1 aliphatic rings. The Morgan fingerprint density at radius 2 is 2.07 bits per heavy atom. The highest BCUT2D eigenvalue weighted by Gasteiger charge is 2.32. The maximum atomic E-state index is 15.3. The molecule has 1 N–H and O–H groups in total. The molecule has 0 spiro atoms. The summed E-state index contributed by atoms with van der Waals surface area (Å²) in [6.07, 6.45) is 8.86. The summed E-state index contributed by atoms with van der Waals surface area (Å²) in [5, 5.41) is 36.0. The fourth-order valence-corrected chi connectivity index (χ4v) is 5.09. The summed E-state index contributed by atoms with van der Waals surface area (Å²) in [6, 6.07) is 11.1. The van der Waals surface area contributed by atoms with E-state index in [0.29, 0.717) is 29.9 Å². The number of amides is 1. The molecule has 0 bridgehead atoms. The van der Waals surface area contributed by atoms with E-state index in [4.69, 9.17) is 11.6 Å². The molecule has 4 aromatic heterocycles. The molecule has 1 aromatic carbocycles. The van der Waals surface area contributed by atoms with Crippen LogP contribution in [0, 0.1) is 17.1 Å². The predicted molar refractivity (Wildman–Crippen MR) is 141 cm³/mol. The number of nitrogens with zero attached hydrogens (tertiary/aromatic N) is 10. The molecule has 5 heterocycles. The fourth-order valence-electron chi connectivity index (χ4n) is 4.94. The Kier molecular flexibility index (Phi) is 6.82. The van der Waals surface area contributed by atoms with Crippen LogP contribution < -0.4 is 4.73 Å². The summed E-state index contributed by atoms with van der Waals surface area (Å²) in [7, 11) is 0. The molecule has 1 aliphatic heterocycles. The number of aromatic nitrogens is 8. The van der Waals surface area contributed by atoms with Gasteiger partial charge >= 0.3 is 0 Å². The van der Waals surface area contributed by atoms with Crippen molar-refractivity contribution < 1.29 is 19.1 Å². The molecule has 0 saturated carbocycles. The zero-order valence-electron chi connectivity index (χ0n) is 21.3. The van der Waals surface area contributed by atoms with Gasteiger partial charge in [0, 0.05) is 41.7 Å². The Labute approximate surface area is 237 Å². The van der Waals surface area contributed by atoms with Gasteiger partial charge in [-0.05, 0) is 52.7 Å². The molecule has 6 rings (SSSR count). The SMILES string of the molecule is N#Cc1cc(-c2cnn(C(CN3CCCC3=O)c3ccc(-c4c(-n5cnnn5)ccc(Cl)c4F)c[n+]3O)c2)ccn1. The molecule has 1 unspecified atom stereocenters. The minimum atomic E-state index is -0.697. The van der Waals surface area contributed by atoms with Gasteiger partial charge in [-0.3, -0.25) is 14.7 Å². The number of tetrazole rings is 1. The van der Waals surface area contributed by atoms with Crippen LogP contribution in [0.5, 0.6) is 0 Å². The summed E-state index contributed by atoms with van der Waals surface area (Å²) in [6.45, 7) is 0.840. The van der Waals surface area contributed by atoms with E-state index >= 15 is 4.39 Å². The van der Waals surface area contributed by atoms with E-state index in [2.05, 4.69) is 25.6 Å². The first kappa shape index (κ1) is 26.0. The zero-order valence-corrected chi connectivity index (χ0v) is 22.1. The number of hydrogen-bond acceptors (Lipinski definition) is 8. The number of hydrogen-bond donors (Lipinski definition) is 1. The molecule has 0 radical (unpaired) electrons. The van der Waals surface area contributed by atoms with Gasteiger partial charge in [0.05, 0.1) is 34.6 Å². The van der Waals surface area contributed by atoms with Crippen molar-refractivity contribution in [3.8, 4) is 34.0 Å². The quantitative estimate of drug-likeness (QED) is 0.232. The van der Waals surface area contributed by atoms with Gasteiger partial charge in [-0.2, -0.15) is 15.0 Å². The minimum absolute atomic E-state index is 0.0170. The molecule has 204 valence electrons. The first-order valence-corrected chi connectivity index (χ1v) is 13.0. The maximum absolute atomic E-state index is 15.3. The average molecular weight is 572 g/mol. The number of likely N-dealkylation sites (tertiary alicyclic amines) is 1. The van der Waals surface area contributed by atoms with Crippen LogP contribution in [0.2, 0.25) is 5.02 Å². The maximum Gasteiger partial charge on any atom is 0.260 e. The number of carbonyl (C=O) groups excluding carboxylic acids is 1. The van der Waals surface area contributed by atoms with Gasteiger partial charge in [-0.15, -0.1) is 5.10 Å². The molecule has 1 fully saturated rings. The van der Waals surface area contributed by atoms with E-state index in [0.717, 1.165) is 22.3 Å². The molecule has 41 heavy (non-hydrogen) atoms. The summed E-state index contributed by atoms with van der Waals surface area (Å²) < 4.78 is 19.2. The Balaban J connectivity index is 1.42. The van der Waals surface area contributed by atoms with Crippen LogP contribution >= 0.6 is 11.6 Å². The van der Waals surface area contributed by atoms with Gasteiger partial charge < -0.3 is 4.90 Å². The third-order valence-electron chi connectivity index (χ3n) is 6.95. The largest absolute Gasteiger partial charge is 0.340 e. The molecule has 1 amide bonds. The standard InChI is InChI=1S/C27H21ClFN10O2/c28-21-4-6-23(38-16-32-34-35-38)26(27(21)29)18-3-5-22(39(41)14-18)24(15-36-9-1-2-25(36)40)37-13-19(12-33-37)17-7-8-31-20(10-17)11-30/h3-8,10,12-14,16,24,41H,1-2,9,15H2/q+1. The summed E-state index contributed by atoms with van der Waals surface area (Å²) in [4.78, 5) is 18.3. The van der Waals surface area contributed by atoms with Gasteiger partial charge in [0.15, 0.2) is 11.9 Å². The Bertz CT molecular complexity index is 1800. The van der Waals surface area contributed by atoms with Crippen molar-refractivity contribution in [3.05, 3.63) is 89.7 Å². The van der Waals surface area contributed by atoms with E-state index in [1.165, 1.54) is 23.3 Å². The lowest BCUT2D eigenvalue weighted by atomic mass is 10.0. The topological polar surface area (TPSA) is 143 Å². The van der Waals surface area contributed by atoms with Crippen molar-refractivity contribution in [2.45, 2.75) is 18.9 Å². The summed E-state index contributed by atoms with van der Waals surface area (Å²) >= 11 is 6.10. The first-order valence-electron chi connectivity index (χ1n) is 12.6. The summed E-state index contributed by atoms with van der Waals surface area (Å²) in [5.41, 5.74) is 2.90. The van der Waals surface area contributed by atoms with Crippen molar-refractivity contribution in [2.24, 2.45) is 0 Å². The van der Waals surface area contributed by atoms with Gasteiger partial charge in [-0.25, -0.2) is 9.37 Å². The monoisotopic (exact) mass is 571 g/mol. The molecule has 14 heteroatoms. The normalized spacial score (nSPS) is 13.9. The highest BCUT2D eigenvalue weighted by atomic mass is 35.5. The van der Waals surface area contributed by atoms with Crippen molar-refractivity contribution in [2.75, 3.05) is 13.1 Å². The molecular weight excluding hydrogens is 551 g/mol. The molecular formula is C27H21ClFN10O2+. The second-order valence-corrected chi connectivity index (χ2v) is 9.81. The van der Waals surface area contributed by atoms with Crippen molar-refractivity contribution in [1.29, 1.82) is 5.26 Å². The van der Waals surface area contributed by atoms with E-state index < -0.39 is 11.9 Å². The molecule has 0 aliphatic carbocycles. The Hall–Kier alpha value is -5.22. The smallest absolute Gasteiger partial charge is 0.260 e. The lowest BCUT2D eigenvalue weighted by molar-refractivity contribution is -0.910. The molecule has 12 nitrogen and oxygen atoms in total. The highest BCUT2D eigenvalue weighted by molar-refractivity contribution is 6.31. The van der Waals surface area contributed by atoms with Gasteiger partial charge in [0.1, 0.15) is 18.1 Å². The van der Waals surface area contributed by atoms with Crippen molar-refractivity contribution in [3.63, 3.8) is 0 Å². The lowest BCUT2D eigenvalue weighted by Crippen LogP contribution is -2.42. The highest BCUT2D eigenvalue weighted by Crippen LogP contribution is 2.33. The lowest BCUT2D eigenvalue weighted by Gasteiger charge is -2.22. The van der Waals surface area contributed by atoms with Crippen LogP contribution in [0.4, 0.5) is 4.39 Å². The van der Waals surface area contributed by atoms with Crippen LogP contribution in [0.15, 0.2) is 67.5 Å². The summed E-state index contributed by atoms with van der Waals surface area (Å²) in [5.74, 6) is -0.680. The van der Waals surface area contributed by atoms with E-state index in [-0.39, 0.29) is 28.7 Å². The Morgan fingerprint density at radius 3 is 2.80 bits per heavy atom. The molecule has 5 aromatic rings. The van der Waals surface area contributed by atoms with Crippen molar-refractivity contribution in [1.82, 2.24) is 39.9 Å². The molecule has 1 saturated heterocycles. The van der Waals surface area contributed by atoms with Gasteiger partial charge in [0.2, 0.25) is 12.1 Å². The van der Waals surface area contributed by atoms with Gasteiger partial charge in [0.25, 0.3) is 5.69 Å². The number of pyridine rings is 2. The predicted octanol–water partition coefficient (Wildman–Crippen LogP) is 2.99. The second kappa shape index (κ2) is 10.7. The first-order chi connectivity index (χ1) is 19.9. The number of rotatable bonds is 7. The van der Waals surface area contributed by atoms with Crippen LogP contribution in [-0.4, -0.2) is 64.1 Å². The Morgan fingerprint density at radius 1 is 1.20 bits per heavy atom. The minimum Gasteiger partial charge on any atom is -0.340 e. The third-order valence-corrected chi connectivity index (χ3v) is 7.24. The number of carbonyl (C=O) groups is 1. The van der Waals surface area contributed by atoms with Gasteiger partial charge in [-0.1, -0.05) is 11.6 Å². The number of halogens is 2. The average Bonchev–Trinajstić information content (AvgIpc) is 3.76. The van der Waals surface area contributed by atoms with E-state index in [1.807, 2.05) is 6.07 Å². The van der Waals surface area contributed by atoms with Crippen LogP contribution in [0.1, 0.15) is 30.3 Å². The van der Waals surface area contributed by atoms with E-state index in [9.17, 15) is 15.3 Å². The van der Waals surface area contributed by atoms with Crippen LogP contribution in [-0.2, 0) is 4.79 Å². The van der Waals surface area contributed by atoms with Crippen molar-refractivity contribution >= 4 is 17.5 Å². The molecule has 1 atom stereocenters. The number of benzene rings is 1. The number of nitriles is 1. The fraction of sp³-hybridized carbons (Fsp3) is 0.185. The van der Waals surface area contributed by atoms with Crippen LogP contribution in [0.25, 0.3) is 27.9 Å². The second-order valence-electron chi connectivity index (χ2n) is 9.41. The van der Waals surface area contributed by atoms with E-state index in [1.54, 1.807) is 58.5 Å². The van der Waals surface area contributed by atoms with Crippen LogP contribution in [0.3, 0.4) is 0 Å².